The highest BCUT2D eigenvalue weighted by Crippen LogP contribution is 2.46. The van der Waals surface area contributed by atoms with Crippen LogP contribution < -0.4 is 0 Å². The molecule has 3 atom stereocenters. The monoisotopic (exact) mass is 244 g/mol. The van der Waals surface area contributed by atoms with E-state index in [4.69, 9.17) is 4.74 Å². The fourth-order valence-electron chi connectivity index (χ4n) is 3.39. The summed E-state index contributed by atoms with van der Waals surface area (Å²) in [6.45, 7) is 12.4. The molecule has 0 spiro atoms. The number of hydrogen-bond donors (Lipinski definition) is 0. The zero-order valence-electron chi connectivity index (χ0n) is 12.4. The van der Waals surface area contributed by atoms with E-state index in [1.807, 2.05) is 6.92 Å². The van der Waals surface area contributed by atoms with Crippen LogP contribution >= 0.6 is 0 Å². The van der Waals surface area contributed by atoms with Crippen LogP contribution in [0.2, 0.25) is 0 Å². The van der Waals surface area contributed by atoms with E-state index in [1.54, 1.807) is 0 Å². The van der Waals surface area contributed by atoms with Gasteiger partial charge >= 0.3 is 0 Å². The van der Waals surface area contributed by atoms with E-state index in [0.717, 1.165) is 12.8 Å². The lowest BCUT2D eigenvalue weighted by Gasteiger charge is -2.47. The van der Waals surface area contributed by atoms with E-state index in [-0.39, 0.29) is 11.2 Å². The second kappa shape index (κ2) is 4.87. The maximum atomic E-state index is 14.7. The molecule has 1 nitrogen and oxygen atoms in total. The predicted octanol–water partition coefficient (Wildman–Crippen LogP) is 4.89. The molecule has 3 unspecified atom stereocenters. The van der Waals surface area contributed by atoms with Gasteiger partial charge in [0.25, 0.3) is 0 Å². The Morgan fingerprint density at radius 2 is 1.82 bits per heavy atom. The van der Waals surface area contributed by atoms with E-state index in [0.29, 0.717) is 25.2 Å². The summed E-state index contributed by atoms with van der Waals surface area (Å²) in [6.07, 6.45) is 3.90. The average Bonchev–Trinajstić information content (AvgIpc) is 2.12. The van der Waals surface area contributed by atoms with Crippen LogP contribution in [0.1, 0.15) is 73.6 Å². The number of rotatable bonds is 3. The first-order valence-corrected chi connectivity index (χ1v) is 7.00. The summed E-state index contributed by atoms with van der Waals surface area (Å²) in [5.74, 6) is 0.459. The van der Waals surface area contributed by atoms with E-state index in [1.165, 1.54) is 0 Å². The van der Waals surface area contributed by atoms with Gasteiger partial charge in [-0.05, 0) is 52.9 Å². The van der Waals surface area contributed by atoms with Crippen molar-refractivity contribution in [2.75, 3.05) is 0 Å². The highest BCUT2D eigenvalue weighted by atomic mass is 19.1. The highest BCUT2D eigenvalue weighted by Gasteiger charge is 2.47. The smallest absolute Gasteiger partial charge is 0.113 e. The molecule has 0 N–H and O–H groups in total. The summed E-state index contributed by atoms with van der Waals surface area (Å²) in [6, 6.07) is 0. The molecule has 0 saturated heterocycles. The minimum Gasteiger partial charge on any atom is -0.370 e. The van der Waals surface area contributed by atoms with E-state index in [9.17, 15) is 4.39 Å². The number of halogens is 1. The summed E-state index contributed by atoms with van der Waals surface area (Å²) in [5.41, 5.74) is -1.53. The molecule has 0 aliphatic heterocycles. The third-order valence-electron chi connectivity index (χ3n) is 3.83. The first-order valence-electron chi connectivity index (χ1n) is 7.00. The van der Waals surface area contributed by atoms with Crippen molar-refractivity contribution in [3.63, 3.8) is 0 Å². The van der Waals surface area contributed by atoms with Gasteiger partial charge in [0.1, 0.15) is 5.67 Å². The lowest BCUT2D eigenvalue weighted by Crippen LogP contribution is -2.49. The molecule has 1 aliphatic carbocycles. The normalized spacial score (nSPS) is 39.4. The van der Waals surface area contributed by atoms with E-state index >= 15 is 0 Å². The molecule has 0 aromatic heterocycles. The largest absolute Gasteiger partial charge is 0.370 e. The minimum absolute atomic E-state index is 0.195. The van der Waals surface area contributed by atoms with Crippen LogP contribution in [0.15, 0.2) is 0 Å². The van der Waals surface area contributed by atoms with Crippen molar-refractivity contribution in [2.45, 2.75) is 90.5 Å². The summed E-state index contributed by atoms with van der Waals surface area (Å²) in [4.78, 5) is 0. The number of ether oxygens (including phenoxy) is 1. The summed E-state index contributed by atoms with van der Waals surface area (Å²) in [7, 11) is 0. The Balaban J connectivity index is 2.84. The van der Waals surface area contributed by atoms with Crippen LogP contribution in [0.5, 0.6) is 0 Å². The van der Waals surface area contributed by atoms with Crippen LogP contribution in [0.25, 0.3) is 0 Å². The van der Waals surface area contributed by atoms with Gasteiger partial charge in [0, 0.05) is 6.42 Å². The van der Waals surface area contributed by atoms with Crippen molar-refractivity contribution < 1.29 is 9.13 Å². The molecule has 1 rings (SSSR count). The van der Waals surface area contributed by atoms with Crippen molar-refractivity contribution in [1.29, 1.82) is 0 Å². The molecule has 1 fully saturated rings. The first-order chi connectivity index (χ1) is 7.61. The quantitative estimate of drug-likeness (QED) is 0.687. The standard InChI is InChI=1S/C15H29FO/c1-7-12-9-14(6,17-13(3,4)5)11-15(16,8-2)10-12/h12H,7-11H2,1-6H3. The maximum absolute atomic E-state index is 14.7. The van der Waals surface area contributed by atoms with Crippen molar-refractivity contribution in [2.24, 2.45) is 5.92 Å². The molecule has 1 saturated carbocycles. The molecule has 0 aromatic carbocycles. The van der Waals surface area contributed by atoms with Gasteiger partial charge in [0.05, 0.1) is 11.2 Å². The molecule has 0 aromatic rings. The molecule has 102 valence electrons. The highest BCUT2D eigenvalue weighted by molar-refractivity contribution is 4.97. The Labute approximate surface area is 106 Å². The predicted molar refractivity (Wildman–Crippen MR) is 71.0 cm³/mol. The van der Waals surface area contributed by atoms with Crippen molar-refractivity contribution in [3.05, 3.63) is 0 Å². The van der Waals surface area contributed by atoms with Gasteiger partial charge in [-0.15, -0.1) is 0 Å². The average molecular weight is 244 g/mol. The van der Waals surface area contributed by atoms with Gasteiger partial charge in [0.2, 0.25) is 0 Å². The molecule has 0 bridgehead atoms. The summed E-state index contributed by atoms with van der Waals surface area (Å²) >= 11 is 0. The van der Waals surface area contributed by atoms with Gasteiger partial charge in [-0.25, -0.2) is 4.39 Å². The van der Waals surface area contributed by atoms with Crippen LogP contribution in [-0.4, -0.2) is 16.9 Å². The fraction of sp³-hybridized carbons (Fsp3) is 1.00. The zero-order valence-corrected chi connectivity index (χ0v) is 12.4. The third-order valence-corrected chi connectivity index (χ3v) is 3.83. The Morgan fingerprint density at radius 1 is 1.24 bits per heavy atom. The van der Waals surface area contributed by atoms with Crippen LogP contribution in [-0.2, 0) is 4.74 Å². The maximum Gasteiger partial charge on any atom is 0.113 e. The zero-order chi connectivity index (χ0) is 13.3. The van der Waals surface area contributed by atoms with Gasteiger partial charge in [-0.1, -0.05) is 20.3 Å². The molecule has 0 amide bonds. The summed E-state index contributed by atoms with van der Waals surface area (Å²) < 4.78 is 20.9. The topological polar surface area (TPSA) is 9.23 Å². The molecule has 2 heteroatoms. The molecule has 17 heavy (non-hydrogen) atoms. The van der Waals surface area contributed by atoms with Gasteiger partial charge in [-0.3, -0.25) is 0 Å². The molecule has 0 radical (unpaired) electrons. The van der Waals surface area contributed by atoms with E-state index in [2.05, 4.69) is 34.6 Å². The van der Waals surface area contributed by atoms with Crippen LogP contribution in [0.4, 0.5) is 4.39 Å². The Morgan fingerprint density at radius 3 is 2.24 bits per heavy atom. The SMILES string of the molecule is CCC1CC(F)(CC)CC(C)(OC(C)(C)C)C1. The lowest BCUT2D eigenvalue weighted by atomic mass is 9.69. The first kappa shape index (κ1) is 14.9. The van der Waals surface area contributed by atoms with Gasteiger partial charge in [-0.2, -0.15) is 0 Å². The Hall–Kier alpha value is -0.110. The van der Waals surface area contributed by atoms with Crippen molar-refractivity contribution in [1.82, 2.24) is 0 Å². The molecule has 0 heterocycles. The number of alkyl halides is 1. The van der Waals surface area contributed by atoms with Crippen molar-refractivity contribution >= 4 is 0 Å². The summed E-state index contributed by atoms with van der Waals surface area (Å²) in [5, 5.41) is 0. The van der Waals surface area contributed by atoms with Crippen LogP contribution in [0.3, 0.4) is 0 Å². The number of hydrogen-bond acceptors (Lipinski definition) is 1. The van der Waals surface area contributed by atoms with Gasteiger partial charge in [0.15, 0.2) is 0 Å². The van der Waals surface area contributed by atoms with Crippen molar-refractivity contribution in [3.8, 4) is 0 Å². The molecular formula is C15H29FO. The Kier molecular flexibility index (Phi) is 4.28. The van der Waals surface area contributed by atoms with Gasteiger partial charge < -0.3 is 4.74 Å². The van der Waals surface area contributed by atoms with E-state index < -0.39 is 5.67 Å². The Bertz CT molecular complexity index is 258. The lowest BCUT2D eigenvalue weighted by molar-refractivity contribution is -0.173. The minimum atomic E-state index is -1.03. The third kappa shape index (κ3) is 4.24. The second-order valence-electron chi connectivity index (χ2n) is 7.03. The fourth-order valence-corrected chi connectivity index (χ4v) is 3.39. The van der Waals surface area contributed by atoms with Crippen LogP contribution in [0, 0.1) is 5.92 Å². The molecule has 1 aliphatic rings. The molecular weight excluding hydrogens is 215 g/mol. The second-order valence-corrected chi connectivity index (χ2v) is 7.03.